The molecule has 0 fully saturated rings. The summed E-state index contributed by atoms with van der Waals surface area (Å²) < 4.78 is 1.34. The highest BCUT2D eigenvalue weighted by Gasteiger charge is 2.27. The van der Waals surface area contributed by atoms with E-state index in [2.05, 4.69) is 15.4 Å². The maximum Gasteiger partial charge on any atom is 0.276 e. The number of nitrogens with two attached hydrogens (primary N) is 1. The molecule has 0 bridgehead atoms. The van der Waals surface area contributed by atoms with E-state index in [-0.39, 0.29) is 30.3 Å². The van der Waals surface area contributed by atoms with Crippen LogP contribution in [-0.2, 0) is 11.2 Å². The van der Waals surface area contributed by atoms with Crippen LogP contribution in [0.2, 0.25) is 0 Å². The Balaban J connectivity index is 0.00000264. The van der Waals surface area contributed by atoms with Crippen LogP contribution in [0.3, 0.4) is 0 Å². The number of H-pyrrole nitrogens is 1. The van der Waals surface area contributed by atoms with Gasteiger partial charge in [0.15, 0.2) is 5.65 Å². The Morgan fingerprint density at radius 3 is 2.65 bits per heavy atom. The Labute approximate surface area is 141 Å². The summed E-state index contributed by atoms with van der Waals surface area (Å²) >= 11 is 0. The van der Waals surface area contributed by atoms with Gasteiger partial charge in [-0.2, -0.15) is 0 Å². The molecular weight excluding hydrogens is 318 g/mol. The Morgan fingerprint density at radius 1 is 1.43 bits per heavy atom. The number of carbonyl (C=O) groups excluding carboxylic acids is 1. The van der Waals surface area contributed by atoms with Crippen molar-refractivity contribution in [3.05, 3.63) is 33.9 Å². The van der Waals surface area contributed by atoms with Gasteiger partial charge in [-0.1, -0.05) is 13.8 Å². The third-order valence-corrected chi connectivity index (χ3v) is 4.33. The smallest absolute Gasteiger partial charge is 0.276 e. The number of aromatic nitrogens is 3. The second-order valence-electron chi connectivity index (χ2n) is 5.55. The molecule has 7 nitrogen and oxygen atoms in total. The number of hydrogen-bond donors (Lipinski definition) is 3. The standard InChI is InChI=1S/C15H23N5O2.ClH/c1-4-15(5-2,9-16)19-13(21)8-11-10(3)18-12-6-7-17-20(12)14(11)22;/h6-7,17H,4-5,8-9,16H2,1-3H3,(H,19,21);1H. The van der Waals surface area contributed by atoms with Crippen molar-refractivity contribution in [2.24, 2.45) is 5.73 Å². The molecule has 2 aromatic rings. The predicted octanol–water partition coefficient (Wildman–Crippen LogP) is 0.929. The van der Waals surface area contributed by atoms with E-state index in [4.69, 9.17) is 5.73 Å². The van der Waals surface area contributed by atoms with Crippen molar-refractivity contribution >= 4 is 24.0 Å². The molecule has 0 aliphatic carbocycles. The van der Waals surface area contributed by atoms with Crippen molar-refractivity contribution in [2.75, 3.05) is 6.54 Å². The van der Waals surface area contributed by atoms with E-state index in [9.17, 15) is 9.59 Å². The zero-order valence-corrected chi connectivity index (χ0v) is 14.5. The molecule has 0 unspecified atom stereocenters. The molecule has 0 saturated carbocycles. The molecule has 4 N–H and O–H groups in total. The summed E-state index contributed by atoms with van der Waals surface area (Å²) in [5, 5.41) is 5.77. The number of amides is 1. The number of hydrogen-bond acceptors (Lipinski definition) is 4. The van der Waals surface area contributed by atoms with Crippen LogP contribution in [0, 0.1) is 6.92 Å². The van der Waals surface area contributed by atoms with Gasteiger partial charge in [0.05, 0.1) is 12.0 Å². The Morgan fingerprint density at radius 2 is 2.09 bits per heavy atom. The van der Waals surface area contributed by atoms with E-state index in [1.54, 1.807) is 19.2 Å². The van der Waals surface area contributed by atoms with E-state index in [0.29, 0.717) is 23.4 Å². The highest BCUT2D eigenvalue weighted by molar-refractivity contribution is 5.85. The molecule has 0 saturated heterocycles. The minimum atomic E-state index is -0.412. The summed E-state index contributed by atoms with van der Waals surface area (Å²) in [5.74, 6) is -0.206. The van der Waals surface area contributed by atoms with E-state index in [1.165, 1.54) is 4.52 Å². The molecule has 0 aliphatic rings. The van der Waals surface area contributed by atoms with Gasteiger partial charge in [-0.15, -0.1) is 12.4 Å². The zero-order valence-electron chi connectivity index (χ0n) is 13.7. The van der Waals surface area contributed by atoms with Crippen molar-refractivity contribution in [3.63, 3.8) is 0 Å². The lowest BCUT2D eigenvalue weighted by atomic mass is 9.92. The monoisotopic (exact) mass is 341 g/mol. The van der Waals surface area contributed by atoms with Gasteiger partial charge in [-0.3, -0.25) is 14.7 Å². The number of aromatic amines is 1. The minimum Gasteiger partial charge on any atom is -0.349 e. The fourth-order valence-electron chi connectivity index (χ4n) is 2.58. The Kier molecular flexibility index (Phi) is 6.35. The Bertz CT molecular complexity index is 725. The summed E-state index contributed by atoms with van der Waals surface area (Å²) in [6, 6.07) is 1.71. The molecule has 0 aliphatic heterocycles. The lowest BCUT2D eigenvalue weighted by Crippen LogP contribution is -2.53. The molecule has 0 aromatic carbocycles. The molecule has 0 spiro atoms. The lowest BCUT2D eigenvalue weighted by molar-refractivity contribution is -0.122. The molecule has 2 aromatic heterocycles. The number of nitrogens with zero attached hydrogens (tertiary/aromatic N) is 2. The maximum atomic E-state index is 12.4. The highest BCUT2D eigenvalue weighted by atomic mass is 35.5. The quantitative estimate of drug-likeness (QED) is 0.726. The van der Waals surface area contributed by atoms with Crippen molar-refractivity contribution < 1.29 is 4.79 Å². The molecule has 2 rings (SSSR count). The summed E-state index contributed by atoms with van der Waals surface area (Å²) in [4.78, 5) is 29.1. The predicted molar refractivity (Wildman–Crippen MR) is 92.0 cm³/mol. The first-order chi connectivity index (χ1) is 10.5. The van der Waals surface area contributed by atoms with E-state index >= 15 is 0 Å². The van der Waals surface area contributed by atoms with Gasteiger partial charge in [-0.05, 0) is 19.8 Å². The largest absolute Gasteiger partial charge is 0.349 e. The van der Waals surface area contributed by atoms with Gasteiger partial charge in [0, 0.05) is 30.1 Å². The van der Waals surface area contributed by atoms with Crippen LogP contribution in [-0.4, -0.2) is 32.6 Å². The highest BCUT2D eigenvalue weighted by Crippen LogP contribution is 2.13. The molecule has 128 valence electrons. The number of halogens is 1. The summed E-state index contributed by atoms with van der Waals surface area (Å²) in [6.45, 7) is 6.09. The molecule has 0 radical (unpaired) electrons. The topological polar surface area (TPSA) is 105 Å². The number of carbonyl (C=O) groups is 1. The van der Waals surface area contributed by atoms with Crippen LogP contribution in [0.4, 0.5) is 0 Å². The first-order valence-electron chi connectivity index (χ1n) is 7.53. The summed E-state index contributed by atoms with van der Waals surface area (Å²) in [6.07, 6.45) is 3.14. The van der Waals surface area contributed by atoms with Crippen molar-refractivity contribution in [1.82, 2.24) is 19.9 Å². The van der Waals surface area contributed by atoms with E-state index < -0.39 is 5.54 Å². The number of nitrogens with one attached hydrogen (secondary N) is 2. The van der Waals surface area contributed by atoms with Crippen molar-refractivity contribution in [1.29, 1.82) is 0 Å². The third-order valence-electron chi connectivity index (χ3n) is 4.33. The van der Waals surface area contributed by atoms with Crippen LogP contribution in [0.25, 0.3) is 5.65 Å². The maximum absolute atomic E-state index is 12.4. The second-order valence-corrected chi connectivity index (χ2v) is 5.55. The fourth-order valence-corrected chi connectivity index (χ4v) is 2.58. The summed E-state index contributed by atoms with van der Waals surface area (Å²) in [7, 11) is 0. The van der Waals surface area contributed by atoms with Crippen molar-refractivity contribution in [2.45, 2.75) is 45.6 Å². The molecule has 8 heteroatoms. The molecular formula is C15H24ClN5O2. The van der Waals surface area contributed by atoms with Crippen LogP contribution < -0.4 is 16.6 Å². The second kappa shape index (κ2) is 7.61. The lowest BCUT2D eigenvalue weighted by Gasteiger charge is -2.31. The van der Waals surface area contributed by atoms with Crippen LogP contribution >= 0.6 is 12.4 Å². The zero-order chi connectivity index (χ0) is 16.3. The van der Waals surface area contributed by atoms with Gasteiger partial charge < -0.3 is 11.1 Å². The molecule has 2 heterocycles. The van der Waals surface area contributed by atoms with Gasteiger partial charge in [0.1, 0.15) is 0 Å². The summed E-state index contributed by atoms with van der Waals surface area (Å²) in [5.41, 5.74) is 6.66. The van der Waals surface area contributed by atoms with Crippen LogP contribution in [0.15, 0.2) is 17.1 Å². The van der Waals surface area contributed by atoms with Gasteiger partial charge in [-0.25, -0.2) is 9.50 Å². The normalized spacial score (nSPS) is 11.3. The fraction of sp³-hybridized carbons (Fsp3) is 0.533. The van der Waals surface area contributed by atoms with Crippen LogP contribution in [0.5, 0.6) is 0 Å². The van der Waals surface area contributed by atoms with Crippen molar-refractivity contribution in [3.8, 4) is 0 Å². The molecule has 0 atom stereocenters. The van der Waals surface area contributed by atoms with E-state index in [1.807, 2.05) is 13.8 Å². The minimum absolute atomic E-state index is 0. The average Bonchev–Trinajstić information content (AvgIpc) is 2.97. The molecule has 23 heavy (non-hydrogen) atoms. The van der Waals surface area contributed by atoms with Gasteiger partial charge in [0.25, 0.3) is 5.56 Å². The number of rotatable bonds is 6. The van der Waals surface area contributed by atoms with Gasteiger partial charge >= 0.3 is 0 Å². The van der Waals surface area contributed by atoms with Gasteiger partial charge in [0.2, 0.25) is 5.91 Å². The Hall–Kier alpha value is -1.86. The van der Waals surface area contributed by atoms with Crippen LogP contribution in [0.1, 0.15) is 37.9 Å². The SMILES string of the molecule is CCC(CC)(CN)NC(=O)Cc1c(C)nc2cc[nH]n2c1=O.Cl. The first-order valence-corrected chi connectivity index (χ1v) is 7.53. The number of fused-ring (bicyclic) bond motifs is 1. The average molecular weight is 342 g/mol. The number of aryl methyl sites for hydroxylation is 1. The van der Waals surface area contributed by atoms with E-state index in [0.717, 1.165) is 12.8 Å². The third kappa shape index (κ3) is 3.73. The molecule has 1 amide bonds. The first kappa shape index (κ1) is 19.2.